The lowest BCUT2D eigenvalue weighted by atomic mass is 9.98. The summed E-state index contributed by atoms with van der Waals surface area (Å²) in [6.07, 6.45) is 5.79. The summed E-state index contributed by atoms with van der Waals surface area (Å²) >= 11 is 0. The zero-order chi connectivity index (χ0) is 29.3. The van der Waals surface area contributed by atoms with Crippen molar-refractivity contribution in [2.24, 2.45) is 5.92 Å². The predicted octanol–water partition coefficient (Wildman–Crippen LogP) is 6.15. The summed E-state index contributed by atoms with van der Waals surface area (Å²) in [5, 5.41) is 10.4. The highest BCUT2D eigenvalue weighted by Crippen LogP contribution is 2.25. The van der Waals surface area contributed by atoms with Gasteiger partial charge in [-0.15, -0.1) is 0 Å². The van der Waals surface area contributed by atoms with Gasteiger partial charge in [-0.3, -0.25) is 24.4 Å². The summed E-state index contributed by atoms with van der Waals surface area (Å²) in [5.74, 6) is -1.94. The quantitative estimate of drug-likeness (QED) is 0.0868. The molecular formula is C33H32N6O3. The summed E-state index contributed by atoms with van der Waals surface area (Å²) < 4.78 is 0. The van der Waals surface area contributed by atoms with Crippen LogP contribution in [0.1, 0.15) is 32.1 Å². The molecule has 2 heterocycles. The SMILES string of the molecule is Nc1ccccc1NC(=O)CCCCCC(C(=O)Nc1cccc2cccnc12)C(=O)Nc1cccc2cccnc12. The lowest BCUT2D eigenvalue weighted by Gasteiger charge is -2.18. The molecule has 0 saturated carbocycles. The summed E-state index contributed by atoms with van der Waals surface area (Å²) in [5.41, 5.74) is 9.38. The molecule has 9 heteroatoms. The molecule has 0 bridgehead atoms. The number of rotatable bonds is 11. The number of fused-ring (bicyclic) bond motifs is 2. The average Bonchev–Trinajstić information content (AvgIpc) is 3.00. The number of carbonyl (C=O) groups excluding carboxylic acids is 3. The van der Waals surface area contributed by atoms with Crippen molar-refractivity contribution < 1.29 is 14.4 Å². The van der Waals surface area contributed by atoms with E-state index in [1.54, 1.807) is 42.7 Å². The van der Waals surface area contributed by atoms with Crippen LogP contribution in [0.2, 0.25) is 0 Å². The van der Waals surface area contributed by atoms with E-state index in [4.69, 9.17) is 5.73 Å². The van der Waals surface area contributed by atoms with Gasteiger partial charge in [0, 0.05) is 29.6 Å². The number of unbranched alkanes of at least 4 members (excludes halogenated alkanes) is 2. The number of aromatic nitrogens is 2. The topological polar surface area (TPSA) is 139 Å². The number of para-hydroxylation sites is 4. The lowest BCUT2D eigenvalue weighted by Crippen LogP contribution is -2.34. The van der Waals surface area contributed by atoms with E-state index in [0.29, 0.717) is 65.9 Å². The van der Waals surface area contributed by atoms with Gasteiger partial charge in [-0.25, -0.2) is 0 Å². The number of nitrogens with two attached hydrogens (primary N) is 1. The van der Waals surface area contributed by atoms with Gasteiger partial charge >= 0.3 is 0 Å². The molecule has 0 radical (unpaired) electrons. The maximum absolute atomic E-state index is 13.6. The number of hydrogen-bond acceptors (Lipinski definition) is 6. The van der Waals surface area contributed by atoms with E-state index in [2.05, 4.69) is 25.9 Å². The minimum Gasteiger partial charge on any atom is -0.397 e. The first kappa shape index (κ1) is 28.2. The largest absolute Gasteiger partial charge is 0.397 e. The summed E-state index contributed by atoms with van der Waals surface area (Å²) in [4.78, 5) is 48.3. The summed E-state index contributed by atoms with van der Waals surface area (Å²) in [6, 6.07) is 25.6. The minimum absolute atomic E-state index is 0.133. The van der Waals surface area contributed by atoms with Crippen LogP contribution in [0.3, 0.4) is 0 Å². The van der Waals surface area contributed by atoms with Crippen molar-refractivity contribution in [2.75, 3.05) is 21.7 Å². The molecule has 3 amide bonds. The minimum atomic E-state index is -0.971. The van der Waals surface area contributed by atoms with Crippen LogP contribution in [0.4, 0.5) is 22.7 Å². The van der Waals surface area contributed by atoms with Crippen LogP contribution in [0.15, 0.2) is 97.3 Å². The standard InChI is InChI=1S/C33H32N6O3/c34-25-15-4-5-16-26(25)37-29(40)19-3-1-2-14-24(32(41)38-27-17-6-10-22-12-8-20-35-30(22)27)33(42)39-28-18-7-11-23-13-9-21-36-31(23)28/h4-13,15-18,20-21,24H,1-3,14,19,34H2,(H,37,40)(H,38,41)(H,39,42). The normalized spacial score (nSPS) is 11.0. The molecule has 5 aromatic rings. The Morgan fingerprint density at radius 2 is 1.17 bits per heavy atom. The maximum Gasteiger partial charge on any atom is 0.237 e. The van der Waals surface area contributed by atoms with Crippen molar-refractivity contribution in [2.45, 2.75) is 32.1 Å². The van der Waals surface area contributed by atoms with E-state index in [1.165, 1.54) is 0 Å². The zero-order valence-electron chi connectivity index (χ0n) is 23.0. The number of amides is 3. The molecule has 2 aromatic heterocycles. The van der Waals surface area contributed by atoms with Crippen molar-refractivity contribution in [1.29, 1.82) is 0 Å². The van der Waals surface area contributed by atoms with Crippen LogP contribution in [0.5, 0.6) is 0 Å². The second-order valence-corrected chi connectivity index (χ2v) is 10.0. The third kappa shape index (κ3) is 6.87. The first-order valence-corrected chi connectivity index (χ1v) is 13.9. The van der Waals surface area contributed by atoms with Gasteiger partial charge in [-0.1, -0.05) is 61.4 Å². The monoisotopic (exact) mass is 560 g/mol. The first-order chi connectivity index (χ1) is 20.5. The lowest BCUT2D eigenvalue weighted by molar-refractivity contribution is -0.129. The Morgan fingerprint density at radius 3 is 1.76 bits per heavy atom. The van der Waals surface area contributed by atoms with Gasteiger partial charge in [0.25, 0.3) is 0 Å². The Hall–Kier alpha value is -5.31. The highest BCUT2D eigenvalue weighted by molar-refractivity contribution is 6.14. The van der Waals surface area contributed by atoms with Crippen molar-refractivity contribution in [3.63, 3.8) is 0 Å². The van der Waals surface area contributed by atoms with Crippen molar-refractivity contribution in [3.8, 4) is 0 Å². The third-order valence-corrected chi connectivity index (χ3v) is 7.05. The van der Waals surface area contributed by atoms with Crippen LogP contribution in [-0.4, -0.2) is 27.7 Å². The highest BCUT2D eigenvalue weighted by Gasteiger charge is 2.27. The number of nitrogens with one attached hydrogen (secondary N) is 3. The Kier molecular flexibility index (Phi) is 8.98. The highest BCUT2D eigenvalue weighted by atomic mass is 16.2. The number of benzene rings is 3. The van der Waals surface area contributed by atoms with Gasteiger partial charge in [-0.2, -0.15) is 0 Å². The number of hydrogen-bond donors (Lipinski definition) is 4. The molecule has 0 aliphatic heterocycles. The smallest absolute Gasteiger partial charge is 0.237 e. The molecule has 9 nitrogen and oxygen atoms in total. The number of nitrogens with zero attached hydrogens (tertiary/aromatic N) is 2. The Labute approximate surface area is 243 Å². The molecule has 0 saturated heterocycles. The van der Waals surface area contributed by atoms with Crippen LogP contribution in [0, 0.1) is 5.92 Å². The molecule has 0 fully saturated rings. The zero-order valence-corrected chi connectivity index (χ0v) is 23.0. The van der Waals surface area contributed by atoms with Gasteiger partial charge in [0.15, 0.2) is 0 Å². The van der Waals surface area contributed by atoms with Crippen molar-refractivity contribution in [1.82, 2.24) is 9.97 Å². The second-order valence-electron chi connectivity index (χ2n) is 10.0. The molecular weight excluding hydrogens is 528 g/mol. The van der Waals surface area contributed by atoms with E-state index in [-0.39, 0.29) is 5.91 Å². The van der Waals surface area contributed by atoms with Crippen LogP contribution >= 0.6 is 0 Å². The molecule has 0 unspecified atom stereocenters. The van der Waals surface area contributed by atoms with E-state index >= 15 is 0 Å². The number of nitrogen functional groups attached to an aromatic ring is 1. The van der Waals surface area contributed by atoms with Crippen molar-refractivity contribution >= 4 is 62.3 Å². The van der Waals surface area contributed by atoms with Crippen LogP contribution < -0.4 is 21.7 Å². The average molecular weight is 561 g/mol. The number of pyridine rings is 2. The molecule has 0 spiro atoms. The molecule has 5 rings (SSSR count). The molecule has 0 aliphatic rings. The van der Waals surface area contributed by atoms with E-state index in [9.17, 15) is 14.4 Å². The molecule has 0 atom stereocenters. The summed E-state index contributed by atoms with van der Waals surface area (Å²) in [7, 11) is 0. The molecule has 42 heavy (non-hydrogen) atoms. The molecule has 212 valence electrons. The fraction of sp³-hybridized carbons (Fsp3) is 0.182. The van der Waals surface area contributed by atoms with Crippen LogP contribution in [0.25, 0.3) is 21.8 Å². The second kappa shape index (κ2) is 13.4. The Morgan fingerprint density at radius 1 is 0.619 bits per heavy atom. The van der Waals surface area contributed by atoms with Crippen LogP contribution in [-0.2, 0) is 14.4 Å². The van der Waals surface area contributed by atoms with E-state index in [0.717, 1.165) is 10.8 Å². The molecule has 5 N–H and O–H groups in total. The fourth-order valence-electron chi connectivity index (χ4n) is 4.87. The fourth-order valence-corrected chi connectivity index (χ4v) is 4.87. The Bertz CT molecular complexity index is 1630. The van der Waals surface area contributed by atoms with Gasteiger partial charge in [0.1, 0.15) is 5.92 Å². The van der Waals surface area contributed by atoms with Gasteiger partial charge < -0.3 is 21.7 Å². The number of anilines is 4. The molecule has 0 aliphatic carbocycles. The van der Waals surface area contributed by atoms with Gasteiger partial charge in [0.05, 0.1) is 33.8 Å². The third-order valence-electron chi connectivity index (χ3n) is 7.05. The van der Waals surface area contributed by atoms with Gasteiger partial charge in [0.2, 0.25) is 17.7 Å². The first-order valence-electron chi connectivity index (χ1n) is 13.9. The Balaban J connectivity index is 1.25. The van der Waals surface area contributed by atoms with E-state index < -0.39 is 17.7 Å². The van der Waals surface area contributed by atoms with Gasteiger partial charge in [-0.05, 0) is 49.2 Å². The molecule has 3 aromatic carbocycles. The predicted molar refractivity (Wildman–Crippen MR) is 167 cm³/mol. The number of carbonyl (C=O) groups is 3. The van der Waals surface area contributed by atoms with Crippen molar-refractivity contribution in [3.05, 3.63) is 97.3 Å². The summed E-state index contributed by atoms with van der Waals surface area (Å²) in [6.45, 7) is 0. The van der Waals surface area contributed by atoms with E-state index in [1.807, 2.05) is 54.6 Å². The maximum atomic E-state index is 13.6.